The number of carbonyl (C=O) groups is 2. The van der Waals surface area contributed by atoms with Crippen LogP contribution in [0, 0.1) is 0 Å². The average molecular weight is 242 g/mol. The van der Waals surface area contributed by atoms with Crippen LogP contribution in [0.5, 0.6) is 0 Å². The van der Waals surface area contributed by atoms with Gasteiger partial charge < -0.3 is 10.2 Å². The van der Waals surface area contributed by atoms with Gasteiger partial charge in [-0.15, -0.1) is 0 Å². The van der Waals surface area contributed by atoms with Gasteiger partial charge in [0.15, 0.2) is 0 Å². The number of amides is 2. The third-order valence-electron chi connectivity index (χ3n) is 2.17. The Morgan fingerprint density at radius 1 is 1.44 bits per heavy atom. The predicted molar refractivity (Wildman–Crippen MR) is 65.8 cm³/mol. The molecule has 1 aliphatic rings. The van der Waals surface area contributed by atoms with Crippen molar-refractivity contribution in [2.45, 2.75) is 26.7 Å². The number of hydrogen-bond acceptors (Lipinski definition) is 3. The Morgan fingerprint density at radius 3 is 2.50 bits per heavy atom. The fraction of sp³-hybridized carbons (Fsp3) is 0.636. The molecule has 0 aliphatic carbocycles. The van der Waals surface area contributed by atoms with E-state index in [1.165, 1.54) is 17.8 Å². The summed E-state index contributed by atoms with van der Waals surface area (Å²) < 4.78 is 0. The van der Waals surface area contributed by atoms with E-state index in [-0.39, 0.29) is 11.8 Å². The Morgan fingerprint density at radius 2 is 2.06 bits per heavy atom. The quantitative estimate of drug-likeness (QED) is 0.740. The van der Waals surface area contributed by atoms with E-state index >= 15 is 0 Å². The molecule has 1 fully saturated rings. The van der Waals surface area contributed by atoms with E-state index in [4.69, 9.17) is 0 Å². The van der Waals surface area contributed by atoms with Crippen LogP contribution in [0.1, 0.15) is 26.7 Å². The summed E-state index contributed by atoms with van der Waals surface area (Å²) in [4.78, 5) is 24.6. The van der Waals surface area contributed by atoms with Gasteiger partial charge in [0.2, 0.25) is 11.8 Å². The molecular weight excluding hydrogens is 224 g/mol. The fourth-order valence-corrected chi connectivity index (χ4v) is 2.24. The van der Waals surface area contributed by atoms with Gasteiger partial charge in [0, 0.05) is 19.2 Å². The van der Waals surface area contributed by atoms with Crippen molar-refractivity contribution in [3.8, 4) is 0 Å². The van der Waals surface area contributed by atoms with E-state index in [2.05, 4.69) is 19.2 Å². The topological polar surface area (TPSA) is 49.4 Å². The second-order valence-corrected chi connectivity index (χ2v) is 4.69. The summed E-state index contributed by atoms with van der Waals surface area (Å²) in [5.41, 5.74) is 0. The van der Waals surface area contributed by atoms with E-state index in [1.54, 1.807) is 0 Å². The Bertz CT molecular complexity index is 296. The summed E-state index contributed by atoms with van der Waals surface area (Å²) in [6.45, 7) is 5.65. The maximum atomic E-state index is 11.9. The van der Waals surface area contributed by atoms with Crippen LogP contribution in [0.15, 0.2) is 11.1 Å². The molecule has 16 heavy (non-hydrogen) atoms. The zero-order chi connectivity index (χ0) is 12.0. The number of nitrogens with one attached hydrogen (secondary N) is 1. The maximum absolute atomic E-state index is 11.9. The summed E-state index contributed by atoms with van der Waals surface area (Å²) in [7, 11) is 0. The monoisotopic (exact) mass is 242 g/mol. The second-order valence-electron chi connectivity index (χ2n) is 3.67. The highest BCUT2D eigenvalue weighted by Crippen LogP contribution is 2.18. The highest BCUT2D eigenvalue weighted by molar-refractivity contribution is 8.04. The minimum absolute atomic E-state index is 0.00611. The minimum atomic E-state index is -0.0263. The summed E-state index contributed by atoms with van der Waals surface area (Å²) in [5.74, 6) is 0.385. The highest BCUT2D eigenvalue weighted by atomic mass is 32.2. The molecule has 0 aromatic carbocycles. The molecule has 0 atom stereocenters. The minimum Gasteiger partial charge on any atom is -0.339 e. The van der Waals surface area contributed by atoms with Gasteiger partial charge in [-0.05, 0) is 12.8 Å². The number of hydrogen-bond donors (Lipinski definition) is 1. The molecule has 1 heterocycles. The fourth-order valence-electron chi connectivity index (χ4n) is 1.51. The highest BCUT2D eigenvalue weighted by Gasteiger charge is 2.17. The van der Waals surface area contributed by atoms with Gasteiger partial charge in [-0.1, -0.05) is 25.6 Å². The third-order valence-corrected chi connectivity index (χ3v) is 3.11. The van der Waals surface area contributed by atoms with Gasteiger partial charge in [-0.3, -0.25) is 9.59 Å². The van der Waals surface area contributed by atoms with Crippen LogP contribution >= 0.6 is 11.8 Å². The number of nitrogens with zero attached hydrogens (tertiary/aromatic N) is 1. The summed E-state index contributed by atoms with van der Waals surface area (Å²) in [6.07, 6.45) is 3.43. The Labute approximate surface area is 100 Å². The van der Waals surface area contributed by atoms with Crippen LogP contribution in [0.4, 0.5) is 0 Å². The Hall–Kier alpha value is -0.970. The zero-order valence-electron chi connectivity index (χ0n) is 9.78. The third kappa shape index (κ3) is 3.89. The first-order valence-corrected chi connectivity index (χ1v) is 6.59. The first-order valence-electron chi connectivity index (χ1n) is 5.60. The summed E-state index contributed by atoms with van der Waals surface area (Å²) >= 11 is 1.39. The molecule has 0 unspecified atom stereocenters. The lowest BCUT2D eigenvalue weighted by atomic mass is 10.3. The molecule has 0 bridgehead atoms. The molecule has 0 spiro atoms. The number of thioether (sulfide) groups is 1. The van der Waals surface area contributed by atoms with Gasteiger partial charge in [0.05, 0.1) is 10.8 Å². The van der Waals surface area contributed by atoms with Crippen LogP contribution in [0.2, 0.25) is 0 Å². The number of rotatable bonds is 5. The van der Waals surface area contributed by atoms with Crippen molar-refractivity contribution in [2.75, 3.05) is 18.8 Å². The van der Waals surface area contributed by atoms with Crippen LogP contribution in [-0.2, 0) is 9.59 Å². The molecule has 0 aromatic rings. The van der Waals surface area contributed by atoms with E-state index < -0.39 is 0 Å². The average Bonchev–Trinajstić information content (AvgIpc) is 2.63. The molecule has 0 saturated carbocycles. The van der Waals surface area contributed by atoms with Crippen LogP contribution in [0.3, 0.4) is 0 Å². The summed E-state index contributed by atoms with van der Waals surface area (Å²) in [5, 5.41) is 3.33. The van der Waals surface area contributed by atoms with Crippen molar-refractivity contribution in [3.63, 3.8) is 0 Å². The molecule has 0 radical (unpaired) electrons. The molecule has 1 saturated heterocycles. The normalized spacial score (nSPS) is 17.6. The molecule has 4 nitrogen and oxygen atoms in total. The molecular formula is C11H18N2O2S. The van der Waals surface area contributed by atoms with Crippen molar-refractivity contribution >= 4 is 23.6 Å². The Balaban J connectivity index is 2.57. The zero-order valence-corrected chi connectivity index (χ0v) is 10.6. The van der Waals surface area contributed by atoms with Crippen molar-refractivity contribution in [3.05, 3.63) is 11.1 Å². The lowest BCUT2D eigenvalue weighted by Gasteiger charge is -2.19. The molecule has 2 amide bonds. The van der Waals surface area contributed by atoms with Gasteiger partial charge >= 0.3 is 0 Å². The maximum Gasteiger partial charge on any atom is 0.249 e. The SMILES string of the molecule is CCCN(CCC)C(=O)/C=C1\NC(=O)CS1. The molecule has 90 valence electrons. The van der Waals surface area contributed by atoms with Crippen molar-refractivity contribution < 1.29 is 9.59 Å². The van der Waals surface area contributed by atoms with E-state index in [0.717, 1.165) is 25.9 Å². The molecule has 1 aliphatic heterocycles. The lowest BCUT2D eigenvalue weighted by molar-refractivity contribution is -0.126. The predicted octanol–water partition coefficient (Wildman–Crippen LogP) is 1.34. The number of carbonyl (C=O) groups excluding carboxylic acids is 2. The van der Waals surface area contributed by atoms with E-state index in [0.29, 0.717) is 10.8 Å². The van der Waals surface area contributed by atoms with Crippen LogP contribution in [-0.4, -0.2) is 35.6 Å². The van der Waals surface area contributed by atoms with Crippen LogP contribution in [0.25, 0.3) is 0 Å². The first-order chi connectivity index (χ1) is 7.67. The first kappa shape index (κ1) is 13.1. The standard InChI is InChI=1S/C11H18N2O2S/c1-3-5-13(6-4-2)11(15)7-10-12-9(14)8-16-10/h7H,3-6,8H2,1-2H3,(H,12,14)/b10-7+. The molecule has 0 aromatic heterocycles. The summed E-state index contributed by atoms with van der Waals surface area (Å²) in [6, 6.07) is 0. The van der Waals surface area contributed by atoms with Crippen molar-refractivity contribution in [1.29, 1.82) is 0 Å². The lowest BCUT2D eigenvalue weighted by Crippen LogP contribution is -2.31. The molecule has 5 heteroatoms. The van der Waals surface area contributed by atoms with E-state index in [9.17, 15) is 9.59 Å². The van der Waals surface area contributed by atoms with E-state index in [1.807, 2.05) is 4.90 Å². The Kier molecular flexibility index (Phi) is 5.38. The van der Waals surface area contributed by atoms with Crippen LogP contribution < -0.4 is 5.32 Å². The van der Waals surface area contributed by atoms with Crippen molar-refractivity contribution in [2.24, 2.45) is 0 Å². The van der Waals surface area contributed by atoms with Gasteiger partial charge in [-0.25, -0.2) is 0 Å². The smallest absolute Gasteiger partial charge is 0.249 e. The van der Waals surface area contributed by atoms with Gasteiger partial charge in [-0.2, -0.15) is 0 Å². The van der Waals surface area contributed by atoms with Gasteiger partial charge in [0.25, 0.3) is 0 Å². The molecule has 1 N–H and O–H groups in total. The van der Waals surface area contributed by atoms with Crippen molar-refractivity contribution in [1.82, 2.24) is 10.2 Å². The molecule has 1 rings (SSSR count). The van der Waals surface area contributed by atoms with Gasteiger partial charge in [0.1, 0.15) is 0 Å². The second kappa shape index (κ2) is 6.58. The largest absolute Gasteiger partial charge is 0.339 e.